The molecule has 336 valence electrons. The number of aromatic nitrogens is 3. The van der Waals surface area contributed by atoms with E-state index in [0.717, 1.165) is 79.8 Å². The van der Waals surface area contributed by atoms with Crippen LogP contribution >= 0.6 is 0 Å². The van der Waals surface area contributed by atoms with Crippen LogP contribution in [0.3, 0.4) is 0 Å². The first-order valence-electron chi connectivity index (χ1n) is 21.5. The minimum absolute atomic E-state index is 0.00170. The summed E-state index contributed by atoms with van der Waals surface area (Å²) in [5.41, 5.74) is -1.82. The van der Waals surface area contributed by atoms with Crippen molar-refractivity contribution < 1.29 is 38.1 Å². The van der Waals surface area contributed by atoms with Crippen molar-refractivity contribution in [2.24, 2.45) is 0 Å². The molecule has 0 aliphatic rings. The molecule has 0 bridgehead atoms. The number of alkyl carbamates (subject to hydrolysis) is 2. The molecule has 0 fully saturated rings. The number of carbonyl (C=O) groups excluding carboxylic acids is 3. The molecule has 1 heterocycles. The molecular formula is C42H72N6O11. The molecule has 17 nitrogen and oxygen atoms in total. The van der Waals surface area contributed by atoms with Crippen LogP contribution in [0.2, 0.25) is 0 Å². The van der Waals surface area contributed by atoms with Crippen molar-refractivity contribution in [3.63, 3.8) is 0 Å². The fourth-order valence-electron chi connectivity index (χ4n) is 5.93. The molecule has 3 amide bonds. The highest BCUT2D eigenvalue weighted by atomic mass is 16.6. The highest BCUT2D eigenvalue weighted by Gasteiger charge is 2.15. The van der Waals surface area contributed by atoms with E-state index in [-0.39, 0.29) is 25.5 Å². The van der Waals surface area contributed by atoms with E-state index in [9.17, 15) is 28.8 Å². The maximum Gasteiger partial charge on any atom is 0.407 e. The Labute approximate surface area is 349 Å². The average molecular weight is 837 g/mol. The number of amides is 3. The average Bonchev–Trinajstić information content (AvgIpc) is 3.22. The van der Waals surface area contributed by atoms with Crippen LogP contribution in [0.15, 0.2) is 52.9 Å². The van der Waals surface area contributed by atoms with E-state index in [0.29, 0.717) is 104 Å². The Morgan fingerprint density at radius 3 is 1.12 bits per heavy atom. The van der Waals surface area contributed by atoms with Crippen molar-refractivity contribution in [3.05, 3.63) is 70.0 Å². The summed E-state index contributed by atoms with van der Waals surface area (Å²) in [7, 11) is 0. The van der Waals surface area contributed by atoms with E-state index < -0.39 is 29.3 Å². The molecule has 0 atom stereocenters. The van der Waals surface area contributed by atoms with Crippen molar-refractivity contribution in [1.82, 2.24) is 29.7 Å². The second kappa shape index (κ2) is 36.1. The van der Waals surface area contributed by atoms with Crippen LogP contribution in [-0.4, -0.2) is 84.5 Å². The number of unbranched alkanes of at least 4 members (excludes halogenated alkanes) is 12. The molecule has 0 saturated carbocycles. The van der Waals surface area contributed by atoms with Crippen LogP contribution in [0.25, 0.3) is 0 Å². The summed E-state index contributed by atoms with van der Waals surface area (Å²) in [5, 5.41) is 8.39. The monoisotopic (exact) mass is 837 g/mol. The highest BCUT2D eigenvalue weighted by molar-refractivity contribution is 5.75. The van der Waals surface area contributed by atoms with Gasteiger partial charge in [0.2, 0.25) is 5.91 Å². The van der Waals surface area contributed by atoms with Crippen LogP contribution in [0.5, 0.6) is 0 Å². The molecule has 0 aliphatic carbocycles. The third-order valence-corrected chi connectivity index (χ3v) is 9.22. The van der Waals surface area contributed by atoms with E-state index in [1.807, 2.05) is 0 Å². The molecule has 1 aromatic rings. The number of nitrogens with one attached hydrogen (secondary N) is 3. The van der Waals surface area contributed by atoms with Gasteiger partial charge in [0.1, 0.15) is 0 Å². The SMILES string of the molecule is C=COCCCCOC(=O)NCCCCCCn1c(=O)n(CCCCCCNC(=O)CCCCOC=C)c(=O)n(CCCCCCNC(=O)OCCCCOC=C)c1=O. The minimum atomic E-state index is -0.610. The number of nitrogens with zero attached hydrogens (tertiary/aromatic N) is 3. The summed E-state index contributed by atoms with van der Waals surface area (Å²) < 4.78 is 28.9. The lowest BCUT2D eigenvalue weighted by Gasteiger charge is -2.14. The summed E-state index contributed by atoms with van der Waals surface area (Å²) in [6.45, 7) is 14.7. The van der Waals surface area contributed by atoms with Gasteiger partial charge in [-0.25, -0.2) is 37.7 Å². The molecule has 1 rings (SSSR count). The van der Waals surface area contributed by atoms with Gasteiger partial charge in [-0.2, -0.15) is 0 Å². The molecule has 0 aromatic carbocycles. The molecule has 0 unspecified atom stereocenters. The van der Waals surface area contributed by atoms with Crippen molar-refractivity contribution >= 4 is 18.1 Å². The van der Waals surface area contributed by atoms with E-state index in [2.05, 4.69) is 35.7 Å². The van der Waals surface area contributed by atoms with E-state index in [1.165, 1.54) is 23.4 Å². The van der Waals surface area contributed by atoms with Crippen molar-refractivity contribution in [2.45, 2.75) is 142 Å². The predicted octanol–water partition coefficient (Wildman–Crippen LogP) is 5.63. The Balaban J connectivity index is 2.64. The second-order valence-corrected chi connectivity index (χ2v) is 14.0. The molecular weight excluding hydrogens is 764 g/mol. The molecule has 17 heteroatoms. The third kappa shape index (κ3) is 26.6. The Morgan fingerprint density at radius 1 is 0.424 bits per heavy atom. The Morgan fingerprint density at radius 2 is 0.746 bits per heavy atom. The van der Waals surface area contributed by atoms with Crippen LogP contribution in [0.4, 0.5) is 9.59 Å². The molecule has 3 N–H and O–H groups in total. The number of hydrogen-bond donors (Lipinski definition) is 3. The number of carbonyl (C=O) groups is 3. The molecule has 1 aromatic heterocycles. The third-order valence-electron chi connectivity index (χ3n) is 9.22. The van der Waals surface area contributed by atoms with Gasteiger partial charge in [-0.1, -0.05) is 58.3 Å². The van der Waals surface area contributed by atoms with Crippen LogP contribution in [0.1, 0.15) is 122 Å². The molecule has 59 heavy (non-hydrogen) atoms. The molecule has 0 spiro atoms. The van der Waals surface area contributed by atoms with Gasteiger partial charge in [0.25, 0.3) is 0 Å². The molecule has 0 radical (unpaired) electrons. The summed E-state index contributed by atoms with van der Waals surface area (Å²) in [6, 6.07) is 0. The lowest BCUT2D eigenvalue weighted by atomic mass is 10.2. The van der Waals surface area contributed by atoms with Gasteiger partial charge < -0.3 is 39.6 Å². The van der Waals surface area contributed by atoms with E-state index in [1.54, 1.807) is 0 Å². The van der Waals surface area contributed by atoms with Crippen molar-refractivity contribution in [3.8, 4) is 0 Å². The van der Waals surface area contributed by atoms with Crippen LogP contribution in [-0.2, 0) is 48.1 Å². The van der Waals surface area contributed by atoms with E-state index in [4.69, 9.17) is 23.7 Å². The summed E-state index contributed by atoms with van der Waals surface area (Å²) in [6.07, 6.45) is 16.5. The van der Waals surface area contributed by atoms with Gasteiger partial charge in [-0.15, -0.1) is 0 Å². The fourth-order valence-corrected chi connectivity index (χ4v) is 5.93. The van der Waals surface area contributed by atoms with Crippen LogP contribution < -0.4 is 33.0 Å². The second-order valence-electron chi connectivity index (χ2n) is 14.0. The smallest absolute Gasteiger partial charge is 0.407 e. The molecule has 0 saturated heterocycles. The largest absolute Gasteiger partial charge is 0.502 e. The first kappa shape index (κ1) is 52.1. The van der Waals surface area contributed by atoms with Gasteiger partial charge in [-0.3, -0.25) is 4.79 Å². The van der Waals surface area contributed by atoms with Crippen molar-refractivity contribution in [2.75, 3.05) is 52.7 Å². The van der Waals surface area contributed by atoms with Gasteiger partial charge in [0.15, 0.2) is 0 Å². The zero-order valence-corrected chi connectivity index (χ0v) is 35.4. The predicted molar refractivity (Wildman–Crippen MR) is 227 cm³/mol. The maximum absolute atomic E-state index is 13.5. The Hall–Kier alpha value is -4.96. The summed E-state index contributed by atoms with van der Waals surface area (Å²) in [5.74, 6) is 0.00170. The first-order valence-corrected chi connectivity index (χ1v) is 21.5. The zero-order valence-electron chi connectivity index (χ0n) is 35.4. The summed E-state index contributed by atoms with van der Waals surface area (Å²) in [4.78, 5) is 76.3. The highest BCUT2D eigenvalue weighted by Crippen LogP contribution is 2.04. The van der Waals surface area contributed by atoms with Crippen molar-refractivity contribution in [1.29, 1.82) is 0 Å². The minimum Gasteiger partial charge on any atom is -0.502 e. The molecule has 0 aliphatic heterocycles. The number of ether oxygens (including phenoxy) is 5. The number of hydrogen-bond acceptors (Lipinski definition) is 11. The topological polar surface area (TPSA) is 199 Å². The standard InChI is InChI=1S/C42H72N6O11/c1-4-55-32-20-13-25-37(49)43-26-14-7-10-17-29-46-40(52)47(30-18-11-8-15-27-44-38(50)58-35-23-21-33-56-5-2)42(54)48(41(46)53)31-19-12-9-16-28-45-39(51)59-36-24-22-34-57-6-3/h4-6H,1-3,7-36H2,(H,43,49)(H,44,50)(H,45,51). The maximum atomic E-state index is 13.5. The van der Waals surface area contributed by atoms with Gasteiger partial charge >= 0.3 is 29.3 Å². The normalized spacial score (nSPS) is 10.6. The number of rotatable bonds is 39. The van der Waals surface area contributed by atoms with Gasteiger partial charge in [0.05, 0.1) is 51.8 Å². The fraction of sp³-hybridized carbons (Fsp3) is 0.714. The van der Waals surface area contributed by atoms with Gasteiger partial charge in [0, 0.05) is 45.7 Å². The quantitative estimate of drug-likeness (QED) is 0.0549. The van der Waals surface area contributed by atoms with E-state index >= 15 is 0 Å². The Kier molecular flexibility index (Phi) is 31.9. The first-order chi connectivity index (χ1) is 28.8. The zero-order chi connectivity index (χ0) is 43.2. The lowest BCUT2D eigenvalue weighted by Crippen LogP contribution is -2.54. The van der Waals surface area contributed by atoms with Crippen LogP contribution in [0, 0.1) is 0 Å². The van der Waals surface area contributed by atoms with Gasteiger partial charge in [-0.05, 0) is 77.0 Å². The Bertz CT molecular complexity index is 1420. The summed E-state index contributed by atoms with van der Waals surface area (Å²) >= 11 is 0. The lowest BCUT2D eigenvalue weighted by molar-refractivity contribution is -0.121.